The lowest BCUT2D eigenvalue weighted by Crippen LogP contribution is -2.09. The smallest absolute Gasteiger partial charge is 0.334 e. The Labute approximate surface area is 91.2 Å². The summed E-state index contributed by atoms with van der Waals surface area (Å²) in [6, 6.07) is 5.33. The molecule has 4 nitrogen and oxygen atoms in total. The lowest BCUT2D eigenvalue weighted by molar-refractivity contribution is -0.133. The average molecular weight is 221 g/mol. The summed E-state index contributed by atoms with van der Waals surface area (Å²) in [6.07, 6.45) is 0. The first-order chi connectivity index (χ1) is 7.54. The van der Waals surface area contributed by atoms with Gasteiger partial charge in [0.25, 0.3) is 0 Å². The van der Waals surface area contributed by atoms with Crippen LogP contribution in [0.2, 0.25) is 0 Å². The van der Waals surface area contributed by atoms with E-state index in [9.17, 15) is 9.18 Å². The van der Waals surface area contributed by atoms with Crippen LogP contribution in [0, 0.1) is 17.1 Å². The van der Waals surface area contributed by atoms with Gasteiger partial charge in [-0.3, -0.25) is 0 Å². The van der Waals surface area contributed by atoms with Crippen LogP contribution in [-0.2, 0) is 4.79 Å². The van der Waals surface area contributed by atoms with Gasteiger partial charge in [-0.05, 0) is 12.1 Å². The van der Waals surface area contributed by atoms with Crippen LogP contribution in [0.15, 0.2) is 30.4 Å². The quantitative estimate of drug-likeness (QED) is 0.786. The molecule has 82 valence electrons. The molecule has 0 heterocycles. The van der Waals surface area contributed by atoms with Crippen molar-refractivity contribution < 1.29 is 19.0 Å². The molecule has 0 aromatic heterocycles. The number of aliphatic carboxylic acids is 1. The summed E-state index contributed by atoms with van der Waals surface area (Å²) < 4.78 is 18.1. The van der Waals surface area contributed by atoms with Gasteiger partial charge in [0, 0.05) is 6.07 Å². The number of hydrogen-bond acceptors (Lipinski definition) is 3. The molecule has 0 atom stereocenters. The van der Waals surface area contributed by atoms with Crippen molar-refractivity contribution >= 4 is 5.97 Å². The predicted molar refractivity (Wildman–Crippen MR) is 53.4 cm³/mol. The van der Waals surface area contributed by atoms with Crippen LogP contribution in [0.5, 0.6) is 5.75 Å². The number of nitriles is 1. The molecule has 1 aromatic carbocycles. The van der Waals surface area contributed by atoms with Crippen molar-refractivity contribution in [2.75, 3.05) is 6.61 Å². The number of benzene rings is 1. The summed E-state index contributed by atoms with van der Waals surface area (Å²) in [5, 5.41) is 17.0. The summed E-state index contributed by atoms with van der Waals surface area (Å²) in [6.45, 7) is 3.02. The second-order valence-electron chi connectivity index (χ2n) is 2.95. The zero-order chi connectivity index (χ0) is 12.1. The van der Waals surface area contributed by atoms with Crippen LogP contribution in [0.25, 0.3) is 0 Å². The van der Waals surface area contributed by atoms with Gasteiger partial charge in [0.2, 0.25) is 0 Å². The summed E-state index contributed by atoms with van der Waals surface area (Å²) in [7, 11) is 0. The Morgan fingerprint density at radius 1 is 1.62 bits per heavy atom. The average Bonchev–Trinajstić information content (AvgIpc) is 2.25. The Morgan fingerprint density at radius 3 is 2.81 bits per heavy atom. The van der Waals surface area contributed by atoms with E-state index >= 15 is 0 Å². The van der Waals surface area contributed by atoms with Crippen molar-refractivity contribution in [3.63, 3.8) is 0 Å². The summed E-state index contributed by atoms with van der Waals surface area (Å²) in [5.74, 6) is -1.73. The van der Waals surface area contributed by atoms with Crippen LogP contribution >= 0.6 is 0 Å². The van der Waals surface area contributed by atoms with Crippen molar-refractivity contribution in [2.24, 2.45) is 0 Å². The first-order valence-electron chi connectivity index (χ1n) is 4.28. The molecule has 0 spiro atoms. The van der Waals surface area contributed by atoms with Gasteiger partial charge < -0.3 is 9.84 Å². The van der Waals surface area contributed by atoms with Crippen LogP contribution < -0.4 is 4.74 Å². The zero-order valence-corrected chi connectivity index (χ0v) is 8.24. The highest BCUT2D eigenvalue weighted by Crippen LogP contribution is 2.16. The van der Waals surface area contributed by atoms with Gasteiger partial charge in [-0.15, -0.1) is 0 Å². The summed E-state index contributed by atoms with van der Waals surface area (Å²) >= 11 is 0. The van der Waals surface area contributed by atoms with Crippen molar-refractivity contribution in [3.05, 3.63) is 41.7 Å². The fourth-order valence-corrected chi connectivity index (χ4v) is 0.908. The van der Waals surface area contributed by atoms with Crippen molar-refractivity contribution in [2.45, 2.75) is 0 Å². The van der Waals surface area contributed by atoms with Gasteiger partial charge in [0.15, 0.2) is 0 Å². The third-order valence-corrected chi connectivity index (χ3v) is 1.78. The Bertz CT molecular complexity index is 477. The first-order valence-corrected chi connectivity index (χ1v) is 4.28. The maximum absolute atomic E-state index is 13.1. The molecule has 0 radical (unpaired) electrons. The number of carboxylic acid groups (broad SMARTS) is 1. The fourth-order valence-electron chi connectivity index (χ4n) is 0.908. The Morgan fingerprint density at radius 2 is 2.31 bits per heavy atom. The summed E-state index contributed by atoms with van der Waals surface area (Å²) in [5.41, 5.74) is -0.228. The van der Waals surface area contributed by atoms with Crippen LogP contribution in [0.4, 0.5) is 4.39 Å². The van der Waals surface area contributed by atoms with E-state index in [0.717, 1.165) is 6.07 Å². The molecule has 0 bridgehead atoms. The van der Waals surface area contributed by atoms with E-state index in [2.05, 4.69) is 6.58 Å². The Hall–Kier alpha value is -2.35. The number of carbonyl (C=O) groups is 1. The van der Waals surface area contributed by atoms with E-state index < -0.39 is 11.8 Å². The van der Waals surface area contributed by atoms with Crippen LogP contribution in [0.1, 0.15) is 5.56 Å². The topological polar surface area (TPSA) is 70.3 Å². The fraction of sp³-hybridized carbons (Fsp3) is 0.0909. The molecule has 0 saturated heterocycles. The third kappa shape index (κ3) is 2.82. The highest BCUT2D eigenvalue weighted by atomic mass is 19.1. The van der Waals surface area contributed by atoms with Gasteiger partial charge in [-0.25, -0.2) is 9.18 Å². The van der Waals surface area contributed by atoms with Crippen molar-refractivity contribution in [3.8, 4) is 11.8 Å². The van der Waals surface area contributed by atoms with Crippen molar-refractivity contribution in [1.29, 1.82) is 5.26 Å². The van der Waals surface area contributed by atoms with E-state index in [0.29, 0.717) is 0 Å². The SMILES string of the molecule is C=C(COc1ccc(C#N)c(F)c1)C(=O)O. The predicted octanol–water partition coefficient (Wildman–Crippen LogP) is 1.72. The van der Waals surface area contributed by atoms with E-state index in [1.165, 1.54) is 12.1 Å². The molecule has 0 aliphatic carbocycles. The lowest BCUT2D eigenvalue weighted by atomic mass is 10.2. The van der Waals surface area contributed by atoms with Crippen LogP contribution in [-0.4, -0.2) is 17.7 Å². The van der Waals surface area contributed by atoms with Gasteiger partial charge in [-0.2, -0.15) is 5.26 Å². The minimum Gasteiger partial charge on any atom is -0.489 e. The largest absolute Gasteiger partial charge is 0.489 e. The maximum atomic E-state index is 13.1. The lowest BCUT2D eigenvalue weighted by Gasteiger charge is -2.05. The molecule has 0 aliphatic heterocycles. The monoisotopic (exact) mass is 221 g/mol. The van der Waals surface area contributed by atoms with Crippen LogP contribution in [0.3, 0.4) is 0 Å². The molecule has 1 aromatic rings. The molecule has 1 rings (SSSR count). The third-order valence-electron chi connectivity index (χ3n) is 1.78. The zero-order valence-electron chi connectivity index (χ0n) is 8.24. The molecular weight excluding hydrogens is 213 g/mol. The minimum atomic E-state index is -1.17. The Kier molecular flexibility index (Phi) is 3.62. The van der Waals surface area contributed by atoms with Gasteiger partial charge in [0.05, 0.1) is 11.1 Å². The van der Waals surface area contributed by atoms with Gasteiger partial charge in [-0.1, -0.05) is 6.58 Å². The molecule has 16 heavy (non-hydrogen) atoms. The first kappa shape index (κ1) is 11.7. The maximum Gasteiger partial charge on any atom is 0.334 e. The second kappa shape index (κ2) is 4.94. The number of halogens is 1. The second-order valence-corrected chi connectivity index (χ2v) is 2.95. The molecule has 0 saturated carbocycles. The van der Waals surface area contributed by atoms with Gasteiger partial charge >= 0.3 is 5.97 Å². The van der Waals surface area contributed by atoms with Crippen molar-refractivity contribution in [1.82, 2.24) is 0 Å². The van der Waals surface area contributed by atoms with E-state index in [4.69, 9.17) is 15.1 Å². The molecule has 1 N–H and O–H groups in total. The van der Waals surface area contributed by atoms with E-state index in [1.54, 1.807) is 6.07 Å². The Balaban J connectivity index is 2.70. The minimum absolute atomic E-state index is 0.0931. The molecule has 5 heteroatoms. The number of carboxylic acids is 1. The highest BCUT2D eigenvalue weighted by Gasteiger charge is 2.07. The number of rotatable bonds is 4. The standard InChI is InChI=1S/C11H8FNO3/c1-7(11(14)15)6-16-9-3-2-8(5-13)10(12)4-9/h2-4H,1,6H2,(H,14,15). The molecular formula is C11H8FNO3. The number of nitrogens with zero attached hydrogens (tertiary/aromatic N) is 1. The highest BCUT2D eigenvalue weighted by molar-refractivity contribution is 5.86. The molecule has 0 fully saturated rings. The normalized spacial score (nSPS) is 9.25. The molecule has 0 aliphatic rings. The van der Waals surface area contributed by atoms with E-state index in [1.807, 2.05) is 0 Å². The van der Waals surface area contributed by atoms with Gasteiger partial charge in [0.1, 0.15) is 24.2 Å². The molecule has 0 amide bonds. The van der Waals surface area contributed by atoms with E-state index in [-0.39, 0.29) is 23.5 Å². The number of ether oxygens (including phenoxy) is 1. The summed E-state index contributed by atoms with van der Waals surface area (Å²) in [4.78, 5) is 10.4. The molecule has 0 unspecified atom stereocenters. The number of hydrogen-bond donors (Lipinski definition) is 1.